The molecular weight excluding hydrogens is 297 g/mol. The molecule has 118 valence electrons. The summed E-state index contributed by atoms with van der Waals surface area (Å²) in [7, 11) is 0. The van der Waals surface area contributed by atoms with Gasteiger partial charge in [-0.2, -0.15) is 4.98 Å². The Morgan fingerprint density at radius 3 is 3.00 bits per heavy atom. The number of oxazole rings is 1. The van der Waals surface area contributed by atoms with Crippen LogP contribution < -0.4 is 9.64 Å². The Labute approximate surface area is 132 Å². The highest BCUT2D eigenvalue weighted by atomic mass is 19.1. The van der Waals surface area contributed by atoms with Gasteiger partial charge in [0.05, 0.1) is 6.61 Å². The van der Waals surface area contributed by atoms with Gasteiger partial charge < -0.3 is 14.1 Å². The minimum Gasteiger partial charge on any atom is -0.493 e. The van der Waals surface area contributed by atoms with Crippen molar-refractivity contribution in [2.45, 2.75) is 6.42 Å². The zero-order valence-corrected chi connectivity index (χ0v) is 12.5. The number of pyridine rings is 1. The number of benzene rings is 1. The Bertz CT molecular complexity index is 806. The van der Waals surface area contributed by atoms with E-state index in [4.69, 9.17) is 9.15 Å². The summed E-state index contributed by atoms with van der Waals surface area (Å²) in [5, 5.41) is 0. The lowest BCUT2D eigenvalue weighted by atomic mass is 10.1. The van der Waals surface area contributed by atoms with Crippen molar-refractivity contribution < 1.29 is 13.5 Å². The summed E-state index contributed by atoms with van der Waals surface area (Å²) in [5.74, 6) is 0.927. The van der Waals surface area contributed by atoms with E-state index in [2.05, 4.69) is 14.9 Å². The number of ether oxygens (including phenoxy) is 1. The van der Waals surface area contributed by atoms with E-state index in [0.717, 1.165) is 25.3 Å². The minimum atomic E-state index is -0.315. The molecule has 3 heterocycles. The van der Waals surface area contributed by atoms with Crippen LogP contribution >= 0.6 is 0 Å². The Kier molecular flexibility index (Phi) is 3.57. The first-order valence-corrected chi connectivity index (χ1v) is 7.62. The third-order valence-electron chi connectivity index (χ3n) is 4.03. The highest BCUT2D eigenvalue weighted by Gasteiger charge is 2.26. The molecule has 0 N–H and O–H groups in total. The third-order valence-corrected chi connectivity index (χ3v) is 4.03. The first-order valence-electron chi connectivity index (χ1n) is 7.62. The van der Waals surface area contributed by atoms with Gasteiger partial charge in [0.1, 0.15) is 17.1 Å². The lowest BCUT2D eigenvalue weighted by molar-refractivity contribution is 0.260. The van der Waals surface area contributed by atoms with Crippen molar-refractivity contribution in [3.05, 3.63) is 48.5 Å². The molecule has 1 unspecified atom stereocenters. The molecule has 0 saturated carbocycles. The van der Waals surface area contributed by atoms with Crippen LogP contribution in [0.25, 0.3) is 11.1 Å². The van der Waals surface area contributed by atoms with E-state index in [1.54, 1.807) is 18.5 Å². The van der Waals surface area contributed by atoms with Crippen LogP contribution in [-0.2, 0) is 0 Å². The number of hydrogen-bond acceptors (Lipinski definition) is 5. The van der Waals surface area contributed by atoms with Crippen LogP contribution in [0.3, 0.4) is 0 Å². The molecule has 0 spiro atoms. The Morgan fingerprint density at radius 2 is 2.13 bits per heavy atom. The van der Waals surface area contributed by atoms with Crippen LogP contribution in [0.5, 0.6) is 5.75 Å². The largest absolute Gasteiger partial charge is 0.493 e. The van der Waals surface area contributed by atoms with Crippen LogP contribution in [0.4, 0.5) is 10.4 Å². The normalized spacial score (nSPS) is 17.8. The Balaban J connectivity index is 1.41. The van der Waals surface area contributed by atoms with Gasteiger partial charge in [-0.15, -0.1) is 0 Å². The Morgan fingerprint density at radius 1 is 1.26 bits per heavy atom. The van der Waals surface area contributed by atoms with E-state index < -0.39 is 0 Å². The molecular formula is C17H16FN3O2. The smallest absolute Gasteiger partial charge is 0.298 e. The van der Waals surface area contributed by atoms with Crippen molar-refractivity contribution in [2.24, 2.45) is 5.92 Å². The van der Waals surface area contributed by atoms with Gasteiger partial charge in [-0.3, -0.25) is 4.98 Å². The van der Waals surface area contributed by atoms with Crippen LogP contribution in [0.1, 0.15) is 6.42 Å². The van der Waals surface area contributed by atoms with Gasteiger partial charge in [0.25, 0.3) is 6.01 Å². The number of aromatic nitrogens is 2. The number of nitrogens with zero attached hydrogens (tertiary/aromatic N) is 3. The molecule has 1 aliphatic heterocycles. The van der Waals surface area contributed by atoms with Crippen molar-refractivity contribution in [3.63, 3.8) is 0 Å². The van der Waals surface area contributed by atoms with Crippen molar-refractivity contribution in [3.8, 4) is 5.75 Å². The quantitative estimate of drug-likeness (QED) is 0.740. The van der Waals surface area contributed by atoms with Crippen molar-refractivity contribution in [1.82, 2.24) is 9.97 Å². The predicted octanol–water partition coefficient (Wildman–Crippen LogP) is 3.27. The molecule has 5 nitrogen and oxygen atoms in total. The standard InChI is InChI=1S/C17H16FN3O2/c18-13-1-2-15-16(9-13)23-17(20-15)21-8-5-12(10-21)11-22-14-3-6-19-7-4-14/h1-4,6-7,9,12H,5,8,10-11H2. The van der Waals surface area contributed by atoms with Gasteiger partial charge in [-0.25, -0.2) is 4.39 Å². The lowest BCUT2D eigenvalue weighted by Gasteiger charge is -2.14. The monoisotopic (exact) mass is 313 g/mol. The highest BCUT2D eigenvalue weighted by Crippen LogP contribution is 2.27. The molecule has 3 aromatic rings. The number of fused-ring (bicyclic) bond motifs is 1. The van der Waals surface area contributed by atoms with E-state index in [1.165, 1.54) is 12.1 Å². The number of hydrogen-bond donors (Lipinski definition) is 0. The molecule has 1 aliphatic rings. The molecule has 4 rings (SSSR count). The van der Waals surface area contributed by atoms with Crippen molar-refractivity contribution in [1.29, 1.82) is 0 Å². The van der Waals surface area contributed by atoms with E-state index in [9.17, 15) is 4.39 Å². The fourth-order valence-electron chi connectivity index (χ4n) is 2.81. The molecule has 1 atom stereocenters. The maximum Gasteiger partial charge on any atom is 0.298 e. The summed E-state index contributed by atoms with van der Waals surface area (Å²) in [6, 6.07) is 8.65. The fourth-order valence-corrected chi connectivity index (χ4v) is 2.81. The van der Waals surface area contributed by atoms with Gasteiger partial charge >= 0.3 is 0 Å². The first-order chi connectivity index (χ1) is 11.3. The van der Waals surface area contributed by atoms with Crippen molar-refractivity contribution in [2.75, 3.05) is 24.6 Å². The molecule has 2 aromatic heterocycles. The van der Waals surface area contributed by atoms with Crippen LogP contribution in [0.2, 0.25) is 0 Å². The van der Waals surface area contributed by atoms with Gasteiger partial charge in [0.15, 0.2) is 5.58 Å². The molecule has 0 amide bonds. The van der Waals surface area contributed by atoms with E-state index in [1.807, 2.05) is 12.1 Å². The second-order valence-electron chi connectivity index (χ2n) is 5.70. The number of halogens is 1. The zero-order valence-electron chi connectivity index (χ0n) is 12.5. The SMILES string of the molecule is Fc1ccc2nc(N3CCC(COc4ccncc4)C3)oc2c1. The first kappa shape index (κ1) is 14.0. The Hall–Kier alpha value is -2.63. The van der Waals surface area contributed by atoms with Crippen molar-refractivity contribution >= 4 is 17.1 Å². The maximum absolute atomic E-state index is 13.2. The molecule has 0 bridgehead atoms. The van der Waals surface area contributed by atoms with Gasteiger partial charge in [-0.05, 0) is 30.7 Å². The van der Waals surface area contributed by atoms with Gasteiger partial charge in [0, 0.05) is 37.5 Å². The number of anilines is 1. The molecule has 0 aliphatic carbocycles. The minimum absolute atomic E-state index is 0.315. The summed E-state index contributed by atoms with van der Waals surface area (Å²) < 4.78 is 24.7. The zero-order chi connectivity index (χ0) is 15.6. The predicted molar refractivity (Wildman–Crippen MR) is 84.0 cm³/mol. The second kappa shape index (κ2) is 5.87. The molecule has 6 heteroatoms. The van der Waals surface area contributed by atoms with E-state index in [-0.39, 0.29) is 5.82 Å². The summed E-state index contributed by atoms with van der Waals surface area (Å²) in [6.07, 6.45) is 4.44. The molecule has 1 aromatic carbocycles. The van der Waals surface area contributed by atoms with Gasteiger partial charge in [-0.1, -0.05) is 0 Å². The fraction of sp³-hybridized carbons (Fsp3) is 0.294. The lowest BCUT2D eigenvalue weighted by Crippen LogP contribution is -2.22. The maximum atomic E-state index is 13.2. The third kappa shape index (κ3) is 2.97. The summed E-state index contributed by atoms with van der Waals surface area (Å²) in [5.41, 5.74) is 1.16. The molecule has 1 fully saturated rings. The topological polar surface area (TPSA) is 51.4 Å². The summed E-state index contributed by atoms with van der Waals surface area (Å²) in [4.78, 5) is 10.5. The molecule has 1 saturated heterocycles. The van der Waals surface area contributed by atoms with E-state index >= 15 is 0 Å². The average Bonchev–Trinajstić information content (AvgIpc) is 3.20. The summed E-state index contributed by atoms with van der Waals surface area (Å²) >= 11 is 0. The average molecular weight is 313 g/mol. The summed E-state index contributed by atoms with van der Waals surface area (Å²) in [6.45, 7) is 2.33. The van der Waals surface area contributed by atoms with Crippen LogP contribution in [0, 0.1) is 11.7 Å². The van der Waals surface area contributed by atoms with Crippen LogP contribution in [-0.4, -0.2) is 29.7 Å². The molecule has 0 radical (unpaired) electrons. The van der Waals surface area contributed by atoms with Gasteiger partial charge in [0.2, 0.25) is 0 Å². The highest BCUT2D eigenvalue weighted by molar-refractivity contribution is 5.74. The second-order valence-corrected chi connectivity index (χ2v) is 5.70. The van der Waals surface area contributed by atoms with Crippen LogP contribution in [0.15, 0.2) is 47.1 Å². The molecule has 23 heavy (non-hydrogen) atoms. The number of rotatable bonds is 4. The van der Waals surface area contributed by atoms with E-state index in [0.29, 0.717) is 29.6 Å².